The molecule has 1 heterocycles. The number of hydrogen-bond donors (Lipinski definition) is 1. The summed E-state index contributed by atoms with van der Waals surface area (Å²) in [6, 6.07) is 11.5. The maximum atomic E-state index is 11.3. The van der Waals surface area contributed by atoms with Crippen molar-refractivity contribution in [3.63, 3.8) is 0 Å². The third-order valence-corrected chi connectivity index (χ3v) is 2.82. The van der Waals surface area contributed by atoms with E-state index in [4.69, 9.17) is 0 Å². The molecular formula is C15H15NO2. The summed E-state index contributed by atoms with van der Waals surface area (Å²) in [7, 11) is 0. The molecule has 0 aliphatic rings. The summed E-state index contributed by atoms with van der Waals surface area (Å²) < 4.78 is 0. The molecule has 0 fully saturated rings. The first-order valence-electron chi connectivity index (χ1n) is 6.00. The number of nitrogens with zero attached hydrogens (tertiary/aromatic N) is 1. The molecule has 92 valence electrons. The average molecular weight is 241 g/mol. The minimum atomic E-state index is -0.980. The van der Waals surface area contributed by atoms with E-state index in [1.54, 1.807) is 6.20 Å². The van der Waals surface area contributed by atoms with Crippen LogP contribution in [0.5, 0.6) is 0 Å². The summed E-state index contributed by atoms with van der Waals surface area (Å²) in [5.74, 6) is -0.980. The van der Waals surface area contributed by atoms with Crippen LogP contribution in [0.15, 0.2) is 42.6 Å². The number of aromatic nitrogens is 1. The van der Waals surface area contributed by atoms with Crippen LogP contribution < -0.4 is 0 Å². The highest BCUT2D eigenvalue weighted by Gasteiger charge is 2.16. The Morgan fingerprint density at radius 1 is 1.22 bits per heavy atom. The van der Waals surface area contributed by atoms with Crippen molar-refractivity contribution in [2.75, 3.05) is 0 Å². The van der Waals surface area contributed by atoms with Crippen molar-refractivity contribution in [3.8, 4) is 11.1 Å². The zero-order valence-electron chi connectivity index (χ0n) is 10.3. The number of carboxylic acids is 1. The molecule has 2 rings (SSSR count). The van der Waals surface area contributed by atoms with Crippen LogP contribution in [0.4, 0.5) is 0 Å². The number of pyridine rings is 1. The topological polar surface area (TPSA) is 50.2 Å². The van der Waals surface area contributed by atoms with Gasteiger partial charge in [0.2, 0.25) is 0 Å². The van der Waals surface area contributed by atoms with E-state index in [1.165, 1.54) is 0 Å². The quantitative estimate of drug-likeness (QED) is 0.892. The van der Waals surface area contributed by atoms with Gasteiger partial charge in [-0.05, 0) is 23.6 Å². The standard InChI is InChI=1S/C15H15NO2/c1-2-6-11-9-10-16-14(15(17)18)13(11)12-7-4-3-5-8-12/h3-5,7-10H,2,6H2,1H3,(H,17,18). The van der Waals surface area contributed by atoms with Crippen LogP contribution >= 0.6 is 0 Å². The lowest BCUT2D eigenvalue weighted by molar-refractivity contribution is 0.0691. The maximum absolute atomic E-state index is 11.3. The van der Waals surface area contributed by atoms with E-state index in [2.05, 4.69) is 11.9 Å². The van der Waals surface area contributed by atoms with Crippen molar-refractivity contribution < 1.29 is 9.90 Å². The van der Waals surface area contributed by atoms with Gasteiger partial charge in [0.25, 0.3) is 0 Å². The van der Waals surface area contributed by atoms with Gasteiger partial charge in [-0.25, -0.2) is 9.78 Å². The van der Waals surface area contributed by atoms with Crippen molar-refractivity contribution in [1.29, 1.82) is 0 Å². The molecule has 1 aromatic carbocycles. The SMILES string of the molecule is CCCc1ccnc(C(=O)O)c1-c1ccccc1. The van der Waals surface area contributed by atoms with Gasteiger partial charge >= 0.3 is 5.97 Å². The Bertz CT molecular complexity index is 550. The van der Waals surface area contributed by atoms with Gasteiger partial charge < -0.3 is 5.11 Å². The average Bonchev–Trinajstić information content (AvgIpc) is 2.40. The maximum Gasteiger partial charge on any atom is 0.355 e. The van der Waals surface area contributed by atoms with Crippen LogP contribution in [-0.2, 0) is 6.42 Å². The fourth-order valence-corrected chi connectivity index (χ4v) is 2.07. The smallest absolute Gasteiger partial charge is 0.355 e. The molecule has 1 N–H and O–H groups in total. The first kappa shape index (κ1) is 12.3. The monoisotopic (exact) mass is 241 g/mol. The van der Waals surface area contributed by atoms with Gasteiger partial charge in [-0.15, -0.1) is 0 Å². The summed E-state index contributed by atoms with van der Waals surface area (Å²) in [4.78, 5) is 15.3. The fraction of sp³-hybridized carbons (Fsp3) is 0.200. The summed E-state index contributed by atoms with van der Waals surface area (Å²) in [5, 5.41) is 9.26. The first-order chi connectivity index (χ1) is 8.74. The number of aromatic carboxylic acids is 1. The Kier molecular flexibility index (Phi) is 3.72. The van der Waals surface area contributed by atoms with Gasteiger partial charge in [-0.1, -0.05) is 43.7 Å². The lowest BCUT2D eigenvalue weighted by Gasteiger charge is -2.11. The lowest BCUT2D eigenvalue weighted by atomic mass is 9.96. The molecule has 3 nitrogen and oxygen atoms in total. The second-order valence-electron chi connectivity index (χ2n) is 4.11. The molecule has 3 heteroatoms. The largest absolute Gasteiger partial charge is 0.476 e. The molecular weight excluding hydrogens is 226 g/mol. The molecule has 0 saturated carbocycles. The van der Waals surface area contributed by atoms with Crippen molar-refractivity contribution in [1.82, 2.24) is 4.98 Å². The van der Waals surface area contributed by atoms with E-state index in [1.807, 2.05) is 36.4 Å². The zero-order valence-corrected chi connectivity index (χ0v) is 10.3. The molecule has 0 radical (unpaired) electrons. The molecule has 0 saturated heterocycles. The van der Waals surface area contributed by atoms with Crippen LogP contribution in [0.3, 0.4) is 0 Å². The summed E-state index contributed by atoms with van der Waals surface area (Å²) in [5.41, 5.74) is 2.82. The van der Waals surface area contributed by atoms with Crippen molar-refractivity contribution in [3.05, 3.63) is 53.9 Å². The van der Waals surface area contributed by atoms with Gasteiger partial charge in [0.15, 0.2) is 5.69 Å². The van der Waals surface area contributed by atoms with Crippen molar-refractivity contribution in [2.45, 2.75) is 19.8 Å². The number of rotatable bonds is 4. The van der Waals surface area contributed by atoms with E-state index in [9.17, 15) is 9.90 Å². The Morgan fingerprint density at radius 3 is 2.56 bits per heavy atom. The van der Waals surface area contributed by atoms with Gasteiger partial charge in [0.05, 0.1) is 0 Å². The van der Waals surface area contributed by atoms with E-state index in [0.717, 1.165) is 29.5 Å². The summed E-state index contributed by atoms with van der Waals surface area (Å²) in [6.45, 7) is 2.08. The molecule has 0 aliphatic carbocycles. The Balaban J connectivity index is 2.64. The summed E-state index contributed by atoms with van der Waals surface area (Å²) >= 11 is 0. The highest BCUT2D eigenvalue weighted by molar-refractivity contribution is 5.94. The third-order valence-electron chi connectivity index (χ3n) is 2.82. The van der Waals surface area contributed by atoms with Gasteiger partial charge in [0.1, 0.15) is 0 Å². The Hall–Kier alpha value is -2.16. The van der Waals surface area contributed by atoms with E-state index >= 15 is 0 Å². The predicted octanol–water partition coefficient (Wildman–Crippen LogP) is 3.40. The summed E-state index contributed by atoms with van der Waals surface area (Å²) in [6.07, 6.45) is 3.40. The van der Waals surface area contributed by atoms with Crippen LogP contribution in [0, 0.1) is 0 Å². The van der Waals surface area contributed by atoms with Gasteiger partial charge in [0, 0.05) is 11.8 Å². The molecule has 0 aliphatic heterocycles. The molecule has 0 spiro atoms. The Morgan fingerprint density at radius 2 is 1.94 bits per heavy atom. The van der Waals surface area contributed by atoms with E-state index in [0.29, 0.717) is 0 Å². The number of benzene rings is 1. The number of carbonyl (C=O) groups is 1. The van der Waals surface area contributed by atoms with Crippen LogP contribution in [0.25, 0.3) is 11.1 Å². The van der Waals surface area contributed by atoms with Crippen LogP contribution in [0.1, 0.15) is 29.4 Å². The molecule has 0 amide bonds. The number of aryl methyl sites for hydroxylation is 1. The molecule has 0 atom stereocenters. The van der Waals surface area contributed by atoms with Crippen molar-refractivity contribution >= 4 is 5.97 Å². The molecule has 2 aromatic rings. The van der Waals surface area contributed by atoms with Gasteiger partial charge in [-0.3, -0.25) is 0 Å². The molecule has 18 heavy (non-hydrogen) atoms. The second kappa shape index (κ2) is 5.45. The molecule has 1 aromatic heterocycles. The van der Waals surface area contributed by atoms with E-state index < -0.39 is 5.97 Å². The van der Waals surface area contributed by atoms with Gasteiger partial charge in [-0.2, -0.15) is 0 Å². The van der Waals surface area contributed by atoms with Crippen molar-refractivity contribution in [2.24, 2.45) is 0 Å². The third kappa shape index (κ3) is 2.40. The highest BCUT2D eigenvalue weighted by Crippen LogP contribution is 2.27. The van der Waals surface area contributed by atoms with Crippen LogP contribution in [0.2, 0.25) is 0 Å². The normalized spacial score (nSPS) is 10.3. The zero-order chi connectivity index (χ0) is 13.0. The second-order valence-corrected chi connectivity index (χ2v) is 4.11. The number of hydrogen-bond acceptors (Lipinski definition) is 2. The van der Waals surface area contributed by atoms with E-state index in [-0.39, 0.29) is 5.69 Å². The predicted molar refractivity (Wildman–Crippen MR) is 70.6 cm³/mol. The first-order valence-corrected chi connectivity index (χ1v) is 6.00. The molecule has 0 bridgehead atoms. The minimum absolute atomic E-state index is 0.132. The Labute approximate surface area is 106 Å². The fourth-order valence-electron chi connectivity index (χ4n) is 2.07. The number of carboxylic acid groups (broad SMARTS) is 1. The molecule has 0 unspecified atom stereocenters. The highest BCUT2D eigenvalue weighted by atomic mass is 16.4. The minimum Gasteiger partial charge on any atom is -0.476 e. The van der Waals surface area contributed by atoms with Crippen LogP contribution in [-0.4, -0.2) is 16.1 Å². The lowest BCUT2D eigenvalue weighted by Crippen LogP contribution is -2.05.